The Balaban J connectivity index is 2.05. The van der Waals surface area contributed by atoms with E-state index in [0.717, 1.165) is 45.2 Å². The van der Waals surface area contributed by atoms with Gasteiger partial charge in [0.2, 0.25) is 5.91 Å². The Morgan fingerprint density at radius 1 is 1.30 bits per heavy atom. The largest absolute Gasteiger partial charge is 0.415 e. The maximum Gasteiger partial charge on any atom is 0.225 e. The zero-order valence-electron chi connectivity index (χ0n) is 18.3. The smallest absolute Gasteiger partial charge is 0.225 e. The number of hydrogen-bond donors (Lipinski definition) is 0. The highest BCUT2D eigenvalue weighted by molar-refractivity contribution is 6.74. The number of carbonyl (C=O) groups is 1. The predicted octanol–water partition coefficient (Wildman–Crippen LogP) is 4.08. The lowest BCUT2D eigenvalue weighted by molar-refractivity contribution is -0.193. The number of rotatable bonds is 9. The first-order valence-corrected chi connectivity index (χ1v) is 13.5. The predicted molar refractivity (Wildman–Crippen MR) is 113 cm³/mol. The molecular formula is C20H39BNO4Si. The van der Waals surface area contributed by atoms with E-state index in [1.54, 1.807) is 0 Å². The molecule has 2 rings (SSSR count). The highest BCUT2D eigenvalue weighted by atomic mass is 28.4. The molecule has 0 N–H and O–H groups in total. The van der Waals surface area contributed by atoms with Gasteiger partial charge in [0.1, 0.15) is 7.28 Å². The molecule has 0 bridgehead atoms. The summed E-state index contributed by atoms with van der Waals surface area (Å²) in [5.41, 5.74) is 0. The summed E-state index contributed by atoms with van der Waals surface area (Å²) >= 11 is 0. The van der Waals surface area contributed by atoms with Gasteiger partial charge in [-0.1, -0.05) is 33.9 Å². The molecule has 0 aromatic carbocycles. The van der Waals surface area contributed by atoms with Gasteiger partial charge >= 0.3 is 0 Å². The van der Waals surface area contributed by atoms with Gasteiger partial charge in [-0.3, -0.25) is 4.79 Å². The van der Waals surface area contributed by atoms with Gasteiger partial charge in [0.25, 0.3) is 0 Å². The van der Waals surface area contributed by atoms with Crippen LogP contribution in [0.3, 0.4) is 0 Å². The fourth-order valence-electron chi connectivity index (χ4n) is 3.43. The van der Waals surface area contributed by atoms with Crippen molar-refractivity contribution in [2.45, 2.75) is 103 Å². The van der Waals surface area contributed by atoms with Gasteiger partial charge in [0.05, 0.1) is 25.2 Å². The lowest BCUT2D eigenvalue weighted by Crippen LogP contribution is -2.48. The molecule has 0 spiro atoms. The van der Waals surface area contributed by atoms with Crippen LogP contribution in [-0.4, -0.2) is 64.6 Å². The molecule has 0 aromatic rings. The van der Waals surface area contributed by atoms with Crippen LogP contribution >= 0.6 is 0 Å². The van der Waals surface area contributed by atoms with Crippen LogP contribution in [-0.2, 0) is 18.7 Å². The number of hydrogen-bond acceptors (Lipinski definition) is 4. The standard InChI is InChI=1S/C20H39BNO4Si/c1-20(2,3)27(5,6)25-15-16-17(26-19-10-7-8-13-24-19)14-18(23)22(16)12-9-11-21-4/h16-17,19H,7-15H2,1-6H3/t16-,17+,19?/m0/s1. The van der Waals surface area contributed by atoms with E-state index in [0.29, 0.717) is 13.0 Å². The third kappa shape index (κ3) is 6.31. The summed E-state index contributed by atoms with van der Waals surface area (Å²) in [5.74, 6) is 0.191. The summed E-state index contributed by atoms with van der Waals surface area (Å²) in [6.45, 7) is 15.4. The molecule has 2 saturated heterocycles. The lowest BCUT2D eigenvalue weighted by Gasteiger charge is -2.39. The van der Waals surface area contributed by atoms with Crippen molar-refractivity contribution in [1.82, 2.24) is 4.90 Å². The molecule has 1 radical (unpaired) electrons. The number of nitrogens with zero attached hydrogens (tertiary/aromatic N) is 1. The highest BCUT2D eigenvalue weighted by Crippen LogP contribution is 2.37. The van der Waals surface area contributed by atoms with Crippen molar-refractivity contribution in [3.05, 3.63) is 0 Å². The third-order valence-electron chi connectivity index (χ3n) is 6.30. The zero-order valence-corrected chi connectivity index (χ0v) is 19.3. The fraction of sp³-hybridized carbons (Fsp3) is 0.950. The van der Waals surface area contributed by atoms with Gasteiger partial charge in [-0.25, -0.2) is 0 Å². The van der Waals surface area contributed by atoms with Crippen LogP contribution in [0.4, 0.5) is 0 Å². The second-order valence-electron chi connectivity index (χ2n) is 9.45. The molecule has 27 heavy (non-hydrogen) atoms. The molecule has 2 aliphatic rings. The van der Waals surface area contributed by atoms with Crippen molar-refractivity contribution >= 4 is 21.5 Å². The molecular weight excluding hydrogens is 357 g/mol. The van der Waals surface area contributed by atoms with Crippen molar-refractivity contribution in [1.29, 1.82) is 0 Å². The van der Waals surface area contributed by atoms with E-state index in [9.17, 15) is 4.79 Å². The second kappa shape index (κ2) is 9.90. The van der Waals surface area contributed by atoms with Crippen LogP contribution in [0, 0.1) is 0 Å². The summed E-state index contributed by atoms with van der Waals surface area (Å²) in [5, 5.41) is 0.153. The van der Waals surface area contributed by atoms with Gasteiger partial charge < -0.3 is 18.8 Å². The SMILES string of the molecule is C[B]CCCN1C(=O)C[C@@H](OC2CCCCO2)[C@@H]1CO[Si](C)(C)C(C)(C)C. The Morgan fingerprint density at radius 2 is 2.04 bits per heavy atom. The summed E-state index contributed by atoms with van der Waals surface area (Å²) < 4.78 is 18.5. The maximum absolute atomic E-state index is 12.7. The Kier molecular flexibility index (Phi) is 8.40. The molecule has 1 amide bonds. The van der Waals surface area contributed by atoms with Crippen LogP contribution in [0.25, 0.3) is 0 Å². The van der Waals surface area contributed by atoms with Crippen molar-refractivity contribution < 1.29 is 18.7 Å². The minimum absolute atomic E-state index is 0.00555. The Bertz CT molecular complexity index is 477. The van der Waals surface area contributed by atoms with Crippen molar-refractivity contribution in [3.8, 4) is 0 Å². The molecule has 0 aliphatic carbocycles. The van der Waals surface area contributed by atoms with Gasteiger partial charge in [0.15, 0.2) is 14.6 Å². The van der Waals surface area contributed by atoms with E-state index < -0.39 is 8.32 Å². The minimum Gasteiger partial charge on any atom is -0.415 e. The van der Waals surface area contributed by atoms with Gasteiger partial charge in [-0.15, -0.1) is 0 Å². The average Bonchev–Trinajstić information content (AvgIpc) is 2.88. The van der Waals surface area contributed by atoms with E-state index in [1.165, 1.54) is 0 Å². The summed E-state index contributed by atoms with van der Waals surface area (Å²) in [6, 6.07) is -0.00555. The third-order valence-corrected chi connectivity index (χ3v) is 10.8. The van der Waals surface area contributed by atoms with Crippen molar-refractivity contribution in [3.63, 3.8) is 0 Å². The monoisotopic (exact) mass is 396 g/mol. The molecule has 0 aromatic heterocycles. The van der Waals surface area contributed by atoms with Crippen LogP contribution in [0.15, 0.2) is 0 Å². The zero-order chi connectivity index (χ0) is 20.1. The van der Waals surface area contributed by atoms with E-state index >= 15 is 0 Å². The van der Waals surface area contributed by atoms with E-state index in [-0.39, 0.29) is 29.4 Å². The molecule has 2 fully saturated rings. The van der Waals surface area contributed by atoms with Crippen LogP contribution in [0.1, 0.15) is 52.9 Å². The van der Waals surface area contributed by atoms with Gasteiger partial charge in [0, 0.05) is 13.2 Å². The Labute approximate surface area is 167 Å². The topological polar surface area (TPSA) is 48.0 Å². The lowest BCUT2D eigenvalue weighted by atomic mass is 9.77. The molecule has 2 aliphatic heterocycles. The fourth-order valence-corrected chi connectivity index (χ4v) is 4.45. The first kappa shape index (κ1) is 22.9. The number of ether oxygens (including phenoxy) is 2. The molecule has 3 atom stereocenters. The normalized spacial score (nSPS) is 27.3. The van der Waals surface area contributed by atoms with Crippen LogP contribution in [0.2, 0.25) is 31.3 Å². The molecule has 2 heterocycles. The average molecular weight is 396 g/mol. The van der Waals surface area contributed by atoms with E-state index in [4.69, 9.17) is 13.9 Å². The summed E-state index contributed by atoms with van der Waals surface area (Å²) in [7, 11) is 0.283. The number of carbonyl (C=O) groups excluding carboxylic acids is 1. The second-order valence-corrected chi connectivity index (χ2v) is 14.3. The van der Waals surface area contributed by atoms with Gasteiger partial charge in [-0.2, -0.15) is 0 Å². The molecule has 1 unspecified atom stereocenters. The maximum atomic E-state index is 12.7. The Morgan fingerprint density at radius 3 is 2.63 bits per heavy atom. The van der Waals surface area contributed by atoms with E-state index in [1.807, 2.05) is 4.90 Å². The van der Waals surface area contributed by atoms with Crippen molar-refractivity contribution in [2.75, 3.05) is 19.8 Å². The Hall–Kier alpha value is -0.368. The molecule has 155 valence electrons. The molecule has 5 nitrogen and oxygen atoms in total. The number of amides is 1. The quantitative estimate of drug-likeness (QED) is 0.435. The highest BCUT2D eigenvalue weighted by Gasteiger charge is 2.44. The summed E-state index contributed by atoms with van der Waals surface area (Å²) in [6.07, 6.45) is 5.31. The van der Waals surface area contributed by atoms with Gasteiger partial charge in [-0.05, 0) is 43.8 Å². The van der Waals surface area contributed by atoms with Crippen LogP contribution in [0.5, 0.6) is 0 Å². The number of likely N-dealkylation sites (tertiary alicyclic amines) is 1. The van der Waals surface area contributed by atoms with E-state index in [2.05, 4.69) is 48.0 Å². The van der Waals surface area contributed by atoms with Crippen LogP contribution < -0.4 is 0 Å². The first-order chi connectivity index (χ1) is 12.7. The minimum atomic E-state index is -1.87. The summed E-state index contributed by atoms with van der Waals surface area (Å²) in [4.78, 5) is 14.7. The molecule has 7 heteroatoms. The van der Waals surface area contributed by atoms with Crippen molar-refractivity contribution in [2.24, 2.45) is 0 Å². The first-order valence-electron chi connectivity index (χ1n) is 10.6. The molecule has 0 saturated carbocycles.